The van der Waals surface area contributed by atoms with E-state index in [9.17, 15) is 8.78 Å². The Labute approximate surface area is 107 Å². The Bertz CT molecular complexity index is 599. The van der Waals surface area contributed by atoms with Gasteiger partial charge >= 0.3 is 0 Å². The van der Waals surface area contributed by atoms with Gasteiger partial charge in [0, 0.05) is 10.5 Å². The van der Waals surface area contributed by atoms with Crippen molar-refractivity contribution in [2.45, 2.75) is 9.79 Å². The van der Waals surface area contributed by atoms with Crippen LogP contribution in [0.2, 0.25) is 0 Å². The number of hydrogen-bond acceptors (Lipinski definition) is 2. The van der Waals surface area contributed by atoms with Crippen molar-refractivity contribution >= 4 is 17.6 Å². The summed E-state index contributed by atoms with van der Waals surface area (Å²) in [6, 6.07) is 10.1. The zero-order valence-corrected chi connectivity index (χ0v) is 10.1. The van der Waals surface area contributed by atoms with Gasteiger partial charge in [0.1, 0.15) is 17.5 Å². The molecular formula is C13H10F2N2S. The van der Waals surface area contributed by atoms with Gasteiger partial charge in [0.25, 0.3) is 0 Å². The molecule has 0 amide bonds. The van der Waals surface area contributed by atoms with Crippen molar-refractivity contribution in [1.29, 1.82) is 5.41 Å². The maximum Gasteiger partial charge on any atom is 0.137 e. The topological polar surface area (TPSA) is 49.9 Å². The van der Waals surface area contributed by atoms with Crippen molar-refractivity contribution in [3.8, 4) is 0 Å². The molecule has 0 radical (unpaired) electrons. The van der Waals surface area contributed by atoms with Crippen molar-refractivity contribution in [3.63, 3.8) is 0 Å². The van der Waals surface area contributed by atoms with Crippen LogP contribution in [0.25, 0.3) is 0 Å². The normalized spacial score (nSPS) is 10.3. The summed E-state index contributed by atoms with van der Waals surface area (Å²) in [5.41, 5.74) is 5.94. The minimum atomic E-state index is -0.501. The SMILES string of the molecule is N=C(N)c1ccccc1Sc1cc(F)ccc1F. The molecular weight excluding hydrogens is 254 g/mol. The molecule has 0 aliphatic carbocycles. The summed E-state index contributed by atoms with van der Waals surface area (Å²) in [6.07, 6.45) is 0. The Morgan fingerprint density at radius 1 is 1.06 bits per heavy atom. The molecule has 5 heteroatoms. The van der Waals surface area contributed by atoms with Crippen LogP contribution in [0, 0.1) is 17.0 Å². The van der Waals surface area contributed by atoms with Crippen LogP contribution in [0.1, 0.15) is 5.56 Å². The summed E-state index contributed by atoms with van der Waals surface area (Å²) in [6.45, 7) is 0. The Morgan fingerprint density at radius 3 is 2.50 bits per heavy atom. The number of nitrogens with one attached hydrogen (secondary N) is 1. The smallest absolute Gasteiger partial charge is 0.137 e. The second-order valence-electron chi connectivity index (χ2n) is 3.59. The summed E-state index contributed by atoms with van der Waals surface area (Å²) >= 11 is 1.05. The second-order valence-corrected chi connectivity index (χ2v) is 4.67. The third kappa shape index (κ3) is 2.68. The lowest BCUT2D eigenvalue weighted by atomic mass is 10.2. The first kappa shape index (κ1) is 12.6. The van der Waals surface area contributed by atoms with Crippen molar-refractivity contribution in [1.82, 2.24) is 0 Å². The molecule has 3 N–H and O–H groups in total. The summed E-state index contributed by atoms with van der Waals surface area (Å²) in [7, 11) is 0. The molecule has 0 aromatic heterocycles. The van der Waals surface area contributed by atoms with Crippen LogP contribution >= 0.6 is 11.8 Å². The predicted octanol–water partition coefficient (Wildman–Crippen LogP) is 3.40. The van der Waals surface area contributed by atoms with Gasteiger partial charge < -0.3 is 5.73 Å². The van der Waals surface area contributed by atoms with E-state index in [2.05, 4.69) is 0 Å². The average Bonchev–Trinajstić information content (AvgIpc) is 2.34. The maximum atomic E-state index is 13.5. The van der Waals surface area contributed by atoms with Crippen LogP contribution in [-0.4, -0.2) is 5.84 Å². The highest BCUT2D eigenvalue weighted by Crippen LogP contribution is 2.32. The third-order valence-corrected chi connectivity index (χ3v) is 3.40. The first-order valence-corrected chi connectivity index (χ1v) is 5.96. The first-order chi connectivity index (χ1) is 8.58. The van der Waals surface area contributed by atoms with E-state index in [4.69, 9.17) is 11.1 Å². The van der Waals surface area contributed by atoms with Crippen molar-refractivity contribution in [2.75, 3.05) is 0 Å². The van der Waals surface area contributed by atoms with Crippen LogP contribution in [0.4, 0.5) is 8.78 Å². The number of benzene rings is 2. The molecule has 18 heavy (non-hydrogen) atoms. The van der Waals surface area contributed by atoms with Crippen molar-refractivity contribution in [3.05, 3.63) is 59.7 Å². The lowest BCUT2D eigenvalue weighted by Gasteiger charge is -2.08. The molecule has 0 unspecified atom stereocenters. The van der Waals surface area contributed by atoms with E-state index in [0.717, 1.165) is 30.0 Å². The molecule has 0 heterocycles. The van der Waals surface area contributed by atoms with E-state index in [1.807, 2.05) is 0 Å². The van der Waals surface area contributed by atoms with Crippen LogP contribution in [0.5, 0.6) is 0 Å². The standard InChI is InChI=1S/C13H10F2N2S/c14-8-5-6-10(15)12(7-8)18-11-4-2-1-3-9(11)13(16)17/h1-7H,(H3,16,17). The van der Waals surface area contributed by atoms with E-state index in [0.29, 0.717) is 10.5 Å². The van der Waals surface area contributed by atoms with Gasteiger partial charge in [-0.25, -0.2) is 8.78 Å². The molecule has 0 fully saturated rings. The fraction of sp³-hybridized carbons (Fsp3) is 0. The second kappa shape index (κ2) is 5.18. The van der Waals surface area contributed by atoms with E-state index < -0.39 is 11.6 Å². The number of hydrogen-bond donors (Lipinski definition) is 2. The van der Waals surface area contributed by atoms with Gasteiger partial charge in [-0.2, -0.15) is 0 Å². The molecule has 0 spiro atoms. The Hall–Kier alpha value is -1.88. The van der Waals surface area contributed by atoms with E-state index in [1.54, 1.807) is 24.3 Å². The monoisotopic (exact) mass is 264 g/mol. The minimum Gasteiger partial charge on any atom is -0.384 e. The summed E-state index contributed by atoms with van der Waals surface area (Å²) < 4.78 is 26.6. The van der Waals surface area contributed by atoms with E-state index in [-0.39, 0.29) is 10.7 Å². The highest BCUT2D eigenvalue weighted by atomic mass is 32.2. The van der Waals surface area contributed by atoms with Crippen molar-refractivity contribution in [2.24, 2.45) is 5.73 Å². The van der Waals surface area contributed by atoms with Gasteiger partial charge in [0.15, 0.2) is 0 Å². The van der Waals surface area contributed by atoms with E-state index in [1.165, 1.54) is 0 Å². The van der Waals surface area contributed by atoms with Gasteiger partial charge in [-0.05, 0) is 24.3 Å². The van der Waals surface area contributed by atoms with Crippen LogP contribution < -0.4 is 5.73 Å². The fourth-order valence-corrected chi connectivity index (χ4v) is 2.46. The lowest BCUT2D eigenvalue weighted by molar-refractivity contribution is 0.577. The zero-order chi connectivity index (χ0) is 13.1. The number of halogens is 2. The molecule has 0 atom stereocenters. The number of amidine groups is 1. The highest BCUT2D eigenvalue weighted by Gasteiger charge is 2.10. The van der Waals surface area contributed by atoms with Gasteiger partial charge in [-0.15, -0.1) is 0 Å². The lowest BCUT2D eigenvalue weighted by Crippen LogP contribution is -2.12. The van der Waals surface area contributed by atoms with Crippen molar-refractivity contribution < 1.29 is 8.78 Å². The minimum absolute atomic E-state index is 0.102. The molecule has 0 saturated carbocycles. The molecule has 2 rings (SSSR count). The molecule has 0 aliphatic rings. The summed E-state index contributed by atoms with van der Waals surface area (Å²) in [4.78, 5) is 0.790. The predicted molar refractivity (Wildman–Crippen MR) is 67.9 cm³/mol. The maximum absolute atomic E-state index is 13.5. The zero-order valence-electron chi connectivity index (χ0n) is 9.28. The molecule has 0 aliphatic heterocycles. The summed E-state index contributed by atoms with van der Waals surface area (Å²) in [5, 5.41) is 7.43. The molecule has 2 nitrogen and oxygen atoms in total. The average molecular weight is 264 g/mol. The van der Waals surface area contributed by atoms with Crippen LogP contribution in [0.3, 0.4) is 0 Å². The van der Waals surface area contributed by atoms with Crippen LogP contribution in [0.15, 0.2) is 52.3 Å². The number of nitrogen functional groups attached to an aromatic ring is 1. The van der Waals surface area contributed by atoms with E-state index >= 15 is 0 Å². The Balaban J connectivity index is 2.40. The molecule has 2 aromatic rings. The largest absolute Gasteiger partial charge is 0.384 e. The molecule has 92 valence electrons. The summed E-state index contributed by atoms with van der Waals surface area (Å²) in [5.74, 6) is -1.10. The number of rotatable bonds is 3. The van der Waals surface area contributed by atoms with Gasteiger partial charge in [0.2, 0.25) is 0 Å². The highest BCUT2D eigenvalue weighted by molar-refractivity contribution is 7.99. The van der Waals surface area contributed by atoms with Crippen LogP contribution in [-0.2, 0) is 0 Å². The molecule has 0 saturated heterocycles. The quantitative estimate of drug-likeness (QED) is 0.659. The fourth-order valence-electron chi connectivity index (χ4n) is 1.45. The van der Waals surface area contributed by atoms with Gasteiger partial charge in [-0.1, -0.05) is 30.0 Å². The first-order valence-electron chi connectivity index (χ1n) is 5.14. The molecule has 0 bridgehead atoms. The Kier molecular flexibility index (Phi) is 3.62. The van der Waals surface area contributed by atoms with Gasteiger partial charge in [0.05, 0.1) is 4.90 Å². The third-order valence-electron chi connectivity index (χ3n) is 2.29. The Morgan fingerprint density at radius 2 is 1.78 bits per heavy atom. The van der Waals surface area contributed by atoms with Gasteiger partial charge in [-0.3, -0.25) is 5.41 Å². The number of nitrogens with two attached hydrogens (primary N) is 1. The molecule has 2 aromatic carbocycles.